The van der Waals surface area contributed by atoms with Crippen LogP contribution in [-0.4, -0.2) is 48.7 Å². The Morgan fingerprint density at radius 2 is 2.16 bits per heavy atom. The summed E-state index contributed by atoms with van der Waals surface area (Å²) in [5.41, 5.74) is -0.0227. The Bertz CT molecular complexity index is 418. The lowest BCUT2D eigenvalue weighted by molar-refractivity contribution is 0.0660. The number of nitrogens with zero attached hydrogens (tertiary/aromatic N) is 1. The molecule has 1 rings (SSSR count). The number of hydrogen-bond donors (Lipinski definition) is 1. The molecule has 106 valence electrons. The number of hydrogen-bond acceptors (Lipinski definition) is 4. The van der Waals surface area contributed by atoms with Gasteiger partial charge in [0.2, 0.25) is 0 Å². The summed E-state index contributed by atoms with van der Waals surface area (Å²) in [5.74, 6) is -1.37. The Labute approximate surface area is 112 Å². The number of carbonyl (C=O) groups is 2. The van der Waals surface area contributed by atoms with Gasteiger partial charge in [0.25, 0.3) is 5.91 Å². The molecule has 6 heteroatoms. The zero-order chi connectivity index (χ0) is 14.3. The summed E-state index contributed by atoms with van der Waals surface area (Å²) >= 11 is 0. The molecule has 0 bridgehead atoms. The van der Waals surface area contributed by atoms with Crippen LogP contribution in [0.25, 0.3) is 0 Å². The van der Waals surface area contributed by atoms with Gasteiger partial charge in [0.1, 0.15) is 6.26 Å². The van der Waals surface area contributed by atoms with Gasteiger partial charge in [-0.2, -0.15) is 0 Å². The highest BCUT2D eigenvalue weighted by Crippen LogP contribution is 2.11. The lowest BCUT2D eigenvalue weighted by Crippen LogP contribution is -2.34. The SMILES string of the molecule is CCCCN(CCOC)C(=O)c1cc(C(=O)O)co1. The molecule has 1 aromatic heterocycles. The van der Waals surface area contributed by atoms with E-state index in [1.807, 2.05) is 6.92 Å². The number of furan rings is 1. The van der Waals surface area contributed by atoms with Crippen LogP contribution in [0, 0.1) is 0 Å². The van der Waals surface area contributed by atoms with E-state index in [0.717, 1.165) is 19.1 Å². The number of aromatic carboxylic acids is 1. The zero-order valence-corrected chi connectivity index (χ0v) is 11.2. The largest absolute Gasteiger partial charge is 0.478 e. The van der Waals surface area contributed by atoms with Crippen LogP contribution >= 0.6 is 0 Å². The van der Waals surface area contributed by atoms with Gasteiger partial charge in [-0.15, -0.1) is 0 Å². The molecule has 1 amide bonds. The van der Waals surface area contributed by atoms with E-state index < -0.39 is 5.97 Å². The van der Waals surface area contributed by atoms with E-state index in [2.05, 4.69) is 0 Å². The Hall–Kier alpha value is -1.82. The first-order valence-corrected chi connectivity index (χ1v) is 6.20. The molecule has 0 aliphatic rings. The summed E-state index contributed by atoms with van der Waals surface area (Å²) in [6.07, 6.45) is 2.92. The number of carboxylic acids is 1. The van der Waals surface area contributed by atoms with Crippen molar-refractivity contribution in [2.24, 2.45) is 0 Å². The normalized spacial score (nSPS) is 10.4. The molecule has 0 atom stereocenters. The molecule has 0 unspecified atom stereocenters. The molecule has 0 fully saturated rings. The molecular weight excluding hydrogens is 250 g/mol. The van der Waals surface area contributed by atoms with E-state index in [1.54, 1.807) is 12.0 Å². The number of methoxy groups -OCH3 is 1. The lowest BCUT2D eigenvalue weighted by atomic mass is 10.2. The van der Waals surface area contributed by atoms with Crippen molar-refractivity contribution < 1.29 is 23.8 Å². The van der Waals surface area contributed by atoms with Gasteiger partial charge in [0, 0.05) is 26.3 Å². The lowest BCUT2D eigenvalue weighted by Gasteiger charge is -2.20. The monoisotopic (exact) mass is 269 g/mol. The molecule has 19 heavy (non-hydrogen) atoms. The molecule has 0 spiro atoms. The van der Waals surface area contributed by atoms with E-state index in [1.165, 1.54) is 6.07 Å². The summed E-state index contributed by atoms with van der Waals surface area (Å²) in [7, 11) is 1.57. The summed E-state index contributed by atoms with van der Waals surface area (Å²) in [6, 6.07) is 1.25. The molecule has 0 saturated heterocycles. The van der Waals surface area contributed by atoms with Gasteiger partial charge in [-0.1, -0.05) is 13.3 Å². The first-order chi connectivity index (χ1) is 9.10. The van der Waals surface area contributed by atoms with Crippen LogP contribution in [0.15, 0.2) is 16.7 Å². The van der Waals surface area contributed by atoms with Crippen LogP contribution in [-0.2, 0) is 4.74 Å². The van der Waals surface area contributed by atoms with Crippen molar-refractivity contribution >= 4 is 11.9 Å². The number of unbranched alkanes of at least 4 members (excludes halogenated alkanes) is 1. The third-order valence-corrected chi connectivity index (χ3v) is 2.69. The number of rotatable bonds is 8. The highest BCUT2D eigenvalue weighted by atomic mass is 16.5. The smallest absolute Gasteiger partial charge is 0.338 e. The van der Waals surface area contributed by atoms with Gasteiger partial charge >= 0.3 is 5.97 Å². The predicted octanol–water partition coefficient (Wildman–Crippen LogP) is 1.87. The first-order valence-electron chi connectivity index (χ1n) is 6.20. The molecule has 0 aliphatic carbocycles. The van der Waals surface area contributed by atoms with Crippen LogP contribution in [0.5, 0.6) is 0 Å². The Morgan fingerprint density at radius 1 is 1.42 bits per heavy atom. The van der Waals surface area contributed by atoms with Gasteiger partial charge in [-0.05, 0) is 6.42 Å². The molecule has 1 N–H and O–H groups in total. The maximum atomic E-state index is 12.2. The van der Waals surface area contributed by atoms with E-state index >= 15 is 0 Å². The van der Waals surface area contributed by atoms with Crippen molar-refractivity contribution in [2.45, 2.75) is 19.8 Å². The quantitative estimate of drug-likeness (QED) is 0.779. The highest BCUT2D eigenvalue weighted by molar-refractivity contribution is 5.95. The fourth-order valence-electron chi connectivity index (χ4n) is 1.58. The zero-order valence-electron chi connectivity index (χ0n) is 11.2. The van der Waals surface area contributed by atoms with Gasteiger partial charge in [-0.25, -0.2) is 4.79 Å². The van der Waals surface area contributed by atoms with E-state index in [0.29, 0.717) is 19.7 Å². The molecule has 0 saturated carbocycles. The third-order valence-electron chi connectivity index (χ3n) is 2.69. The fourth-order valence-corrected chi connectivity index (χ4v) is 1.58. The van der Waals surface area contributed by atoms with Gasteiger partial charge in [-0.3, -0.25) is 4.79 Å². The molecule has 1 heterocycles. The Morgan fingerprint density at radius 3 is 2.68 bits per heavy atom. The minimum Gasteiger partial charge on any atom is -0.478 e. The summed E-state index contributed by atoms with van der Waals surface area (Å²) in [6.45, 7) is 3.52. The second kappa shape index (κ2) is 7.58. The minimum absolute atomic E-state index is 0.0227. The van der Waals surface area contributed by atoms with Crippen LogP contribution in [0.2, 0.25) is 0 Å². The summed E-state index contributed by atoms with van der Waals surface area (Å²) in [4.78, 5) is 24.5. The average Bonchev–Trinajstić information content (AvgIpc) is 2.88. The average molecular weight is 269 g/mol. The molecular formula is C13H19NO5. The molecule has 1 aromatic rings. The predicted molar refractivity (Wildman–Crippen MR) is 68.4 cm³/mol. The van der Waals surface area contributed by atoms with Gasteiger partial charge < -0.3 is 19.2 Å². The topological polar surface area (TPSA) is 80.0 Å². The van der Waals surface area contributed by atoms with E-state index in [4.69, 9.17) is 14.3 Å². The second-order valence-electron chi connectivity index (χ2n) is 4.14. The highest BCUT2D eigenvalue weighted by Gasteiger charge is 2.20. The number of amides is 1. The van der Waals surface area contributed by atoms with E-state index in [-0.39, 0.29) is 17.2 Å². The second-order valence-corrected chi connectivity index (χ2v) is 4.14. The molecule has 0 aliphatic heterocycles. The van der Waals surface area contributed by atoms with Crippen LogP contribution < -0.4 is 0 Å². The van der Waals surface area contributed by atoms with Crippen LogP contribution in [0.3, 0.4) is 0 Å². The van der Waals surface area contributed by atoms with Crippen LogP contribution in [0.4, 0.5) is 0 Å². The van der Waals surface area contributed by atoms with Crippen molar-refractivity contribution in [1.82, 2.24) is 4.90 Å². The Kier molecular flexibility index (Phi) is 6.08. The maximum absolute atomic E-state index is 12.2. The Balaban J connectivity index is 2.75. The van der Waals surface area contributed by atoms with Gasteiger partial charge in [0.05, 0.1) is 12.2 Å². The minimum atomic E-state index is -1.11. The third kappa shape index (κ3) is 4.40. The fraction of sp³-hybridized carbons (Fsp3) is 0.538. The summed E-state index contributed by atoms with van der Waals surface area (Å²) in [5, 5.41) is 8.80. The number of ether oxygens (including phenoxy) is 1. The van der Waals surface area contributed by atoms with Crippen LogP contribution in [0.1, 0.15) is 40.7 Å². The van der Waals surface area contributed by atoms with Crippen molar-refractivity contribution in [2.75, 3.05) is 26.8 Å². The standard InChI is InChI=1S/C13H19NO5/c1-3-4-5-14(6-7-18-2)12(15)11-8-10(9-19-11)13(16)17/h8-9H,3-7H2,1-2H3,(H,16,17). The van der Waals surface area contributed by atoms with E-state index in [9.17, 15) is 9.59 Å². The maximum Gasteiger partial charge on any atom is 0.338 e. The van der Waals surface area contributed by atoms with Crippen molar-refractivity contribution in [3.05, 3.63) is 23.7 Å². The molecule has 0 radical (unpaired) electrons. The van der Waals surface area contributed by atoms with Crippen molar-refractivity contribution in [3.8, 4) is 0 Å². The number of carbonyl (C=O) groups excluding carboxylic acids is 1. The molecule has 6 nitrogen and oxygen atoms in total. The number of carboxylic acid groups (broad SMARTS) is 1. The van der Waals surface area contributed by atoms with Crippen molar-refractivity contribution in [1.29, 1.82) is 0 Å². The van der Waals surface area contributed by atoms with Crippen molar-refractivity contribution in [3.63, 3.8) is 0 Å². The molecule has 0 aromatic carbocycles. The van der Waals surface area contributed by atoms with Gasteiger partial charge in [0.15, 0.2) is 5.76 Å². The first kappa shape index (κ1) is 15.2. The summed E-state index contributed by atoms with van der Waals surface area (Å²) < 4.78 is 9.98.